The average Bonchev–Trinajstić information content (AvgIpc) is 2.55. The second-order valence-corrected chi connectivity index (χ2v) is 6.57. The van der Waals surface area contributed by atoms with Crippen molar-refractivity contribution in [2.24, 2.45) is 0 Å². The van der Waals surface area contributed by atoms with E-state index in [4.69, 9.17) is 0 Å². The van der Waals surface area contributed by atoms with Crippen LogP contribution in [0.2, 0.25) is 0 Å². The molecule has 0 heterocycles. The summed E-state index contributed by atoms with van der Waals surface area (Å²) in [5.41, 5.74) is 0.876. The molecule has 0 aliphatic carbocycles. The Labute approximate surface area is 156 Å². The molecule has 0 aliphatic rings. The zero-order valence-corrected chi connectivity index (χ0v) is 15.4. The summed E-state index contributed by atoms with van der Waals surface area (Å²) in [5, 5.41) is 5.06. The minimum absolute atomic E-state index is 0.224. The number of halogens is 4. The van der Waals surface area contributed by atoms with Crippen molar-refractivity contribution in [1.82, 2.24) is 5.32 Å². The first-order chi connectivity index (χ1) is 12.1. The lowest BCUT2D eigenvalue weighted by Gasteiger charge is -2.10. The number of anilines is 1. The third-order valence-corrected chi connectivity index (χ3v) is 4.02. The van der Waals surface area contributed by atoms with Gasteiger partial charge in [0, 0.05) is 10.2 Å². The zero-order chi connectivity index (χ0) is 19.3. The van der Waals surface area contributed by atoms with Crippen LogP contribution in [0.25, 0.3) is 0 Å². The van der Waals surface area contributed by atoms with Crippen molar-refractivity contribution in [3.05, 3.63) is 63.6 Å². The highest BCUT2D eigenvalue weighted by atomic mass is 79.9. The summed E-state index contributed by atoms with van der Waals surface area (Å²) in [4.78, 5) is 23.8. The maximum Gasteiger partial charge on any atom is 0.416 e. The van der Waals surface area contributed by atoms with Crippen molar-refractivity contribution >= 4 is 33.4 Å². The van der Waals surface area contributed by atoms with Gasteiger partial charge in [0.1, 0.15) is 0 Å². The fraction of sp³-hybridized carbons (Fsp3) is 0.222. The van der Waals surface area contributed by atoms with Gasteiger partial charge in [-0.1, -0.05) is 34.1 Å². The lowest BCUT2D eigenvalue weighted by molar-refractivity contribution is -0.137. The Kier molecular flexibility index (Phi) is 6.42. The summed E-state index contributed by atoms with van der Waals surface area (Å²) in [6.07, 6.45) is -4.70. The van der Waals surface area contributed by atoms with Gasteiger partial charge in [-0.3, -0.25) is 9.59 Å². The Hall–Kier alpha value is -2.35. The van der Waals surface area contributed by atoms with Gasteiger partial charge in [-0.2, -0.15) is 13.2 Å². The van der Waals surface area contributed by atoms with Crippen molar-refractivity contribution in [3.8, 4) is 0 Å². The summed E-state index contributed by atoms with van der Waals surface area (Å²) in [6.45, 7) is 1.56. The third-order valence-electron chi connectivity index (χ3n) is 3.53. The number of hydrogen-bond donors (Lipinski definition) is 2. The van der Waals surface area contributed by atoms with Crippen LogP contribution < -0.4 is 10.6 Å². The fourth-order valence-electron chi connectivity index (χ4n) is 2.25. The summed E-state index contributed by atoms with van der Waals surface area (Å²) in [7, 11) is 0. The molecule has 2 rings (SSSR count). The van der Waals surface area contributed by atoms with Gasteiger partial charge in [0.05, 0.1) is 18.5 Å². The van der Waals surface area contributed by atoms with E-state index in [2.05, 4.69) is 26.6 Å². The number of rotatable bonds is 5. The van der Waals surface area contributed by atoms with Crippen LogP contribution in [0, 0.1) is 6.92 Å². The van der Waals surface area contributed by atoms with Gasteiger partial charge < -0.3 is 10.6 Å². The van der Waals surface area contributed by atoms with E-state index in [-0.39, 0.29) is 18.5 Å². The summed E-state index contributed by atoms with van der Waals surface area (Å²) in [5.74, 6) is -0.959. The molecule has 0 bridgehead atoms. The van der Waals surface area contributed by atoms with Crippen molar-refractivity contribution in [2.75, 3.05) is 11.9 Å². The second-order valence-electron chi connectivity index (χ2n) is 5.66. The molecule has 0 aromatic heterocycles. The van der Waals surface area contributed by atoms with E-state index in [1.807, 2.05) is 13.0 Å². The Morgan fingerprint density at radius 3 is 2.46 bits per heavy atom. The Morgan fingerprint density at radius 2 is 1.81 bits per heavy atom. The molecule has 0 saturated carbocycles. The molecule has 2 N–H and O–H groups in total. The molecule has 2 aromatic carbocycles. The van der Waals surface area contributed by atoms with E-state index in [0.29, 0.717) is 5.69 Å². The zero-order valence-electron chi connectivity index (χ0n) is 13.8. The molecule has 0 fully saturated rings. The van der Waals surface area contributed by atoms with E-state index in [9.17, 15) is 22.8 Å². The Balaban J connectivity index is 1.87. The summed E-state index contributed by atoms with van der Waals surface area (Å²) in [6, 6.07) is 9.87. The number of hydrogen-bond acceptors (Lipinski definition) is 2. The number of benzene rings is 2. The molecule has 4 nitrogen and oxygen atoms in total. The van der Waals surface area contributed by atoms with E-state index in [1.165, 1.54) is 12.1 Å². The van der Waals surface area contributed by atoms with Crippen LogP contribution in [0.5, 0.6) is 0 Å². The number of amides is 2. The van der Waals surface area contributed by atoms with Gasteiger partial charge >= 0.3 is 6.18 Å². The van der Waals surface area contributed by atoms with E-state index >= 15 is 0 Å². The van der Waals surface area contributed by atoms with Crippen molar-refractivity contribution in [2.45, 2.75) is 19.5 Å². The fourth-order valence-corrected chi connectivity index (χ4v) is 2.72. The molecule has 0 atom stereocenters. The highest BCUT2D eigenvalue weighted by Crippen LogP contribution is 2.29. The van der Waals surface area contributed by atoms with E-state index in [0.717, 1.165) is 22.2 Å². The monoisotopic (exact) mass is 428 g/mol. The maximum atomic E-state index is 12.7. The van der Waals surface area contributed by atoms with Gasteiger partial charge in [0.2, 0.25) is 11.8 Å². The van der Waals surface area contributed by atoms with E-state index in [1.54, 1.807) is 12.1 Å². The highest BCUT2D eigenvalue weighted by Gasteiger charge is 2.30. The predicted octanol–water partition coefficient (Wildman–Crippen LogP) is 4.07. The maximum absolute atomic E-state index is 12.7. The molecule has 26 heavy (non-hydrogen) atoms. The van der Waals surface area contributed by atoms with Crippen LogP contribution in [0.1, 0.15) is 16.7 Å². The first kappa shape index (κ1) is 20.0. The normalized spacial score (nSPS) is 11.1. The van der Waals surface area contributed by atoms with Crippen LogP contribution in [0.15, 0.2) is 46.9 Å². The van der Waals surface area contributed by atoms with Gasteiger partial charge in [0.25, 0.3) is 0 Å². The molecule has 0 radical (unpaired) electrons. The number of alkyl halides is 3. The predicted molar refractivity (Wildman–Crippen MR) is 95.7 cm³/mol. The second kappa shape index (κ2) is 8.35. The van der Waals surface area contributed by atoms with Crippen LogP contribution in [-0.2, 0) is 22.2 Å². The number of carbonyl (C=O) groups is 2. The topological polar surface area (TPSA) is 58.2 Å². The molecular formula is C18H16BrF3N2O2. The van der Waals surface area contributed by atoms with Gasteiger partial charge in [-0.15, -0.1) is 0 Å². The quantitative estimate of drug-likeness (QED) is 0.753. The number of carbonyl (C=O) groups excluding carboxylic acids is 2. The summed E-state index contributed by atoms with van der Waals surface area (Å²) < 4.78 is 38.9. The van der Waals surface area contributed by atoms with Gasteiger partial charge in [-0.25, -0.2) is 0 Å². The SMILES string of the molecule is Cc1cc(Br)ccc1NC(=O)CNC(=O)Cc1cccc(C(F)(F)F)c1. The number of nitrogens with one attached hydrogen (secondary N) is 2. The standard InChI is InChI=1S/C18H16BrF3N2O2/c1-11-7-14(19)5-6-15(11)24-17(26)10-23-16(25)9-12-3-2-4-13(8-12)18(20,21)22/h2-8H,9-10H2,1H3,(H,23,25)(H,24,26). The minimum Gasteiger partial charge on any atom is -0.347 e. The van der Waals surface area contributed by atoms with Crippen molar-refractivity contribution < 1.29 is 22.8 Å². The highest BCUT2D eigenvalue weighted by molar-refractivity contribution is 9.10. The molecule has 0 aliphatic heterocycles. The Morgan fingerprint density at radius 1 is 1.08 bits per heavy atom. The van der Waals surface area contributed by atoms with Crippen LogP contribution in [0.3, 0.4) is 0 Å². The van der Waals surface area contributed by atoms with Gasteiger partial charge in [0.15, 0.2) is 0 Å². The molecular weight excluding hydrogens is 413 g/mol. The van der Waals surface area contributed by atoms with Crippen LogP contribution in [0.4, 0.5) is 18.9 Å². The van der Waals surface area contributed by atoms with Crippen molar-refractivity contribution in [3.63, 3.8) is 0 Å². The number of aryl methyl sites for hydroxylation is 1. The molecule has 0 spiro atoms. The molecule has 0 unspecified atom stereocenters. The molecule has 8 heteroatoms. The molecule has 2 aromatic rings. The lowest BCUT2D eigenvalue weighted by atomic mass is 10.1. The van der Waals surface area contributed by atoms with Crippen LogP contribution >= 0.6 is 15.9 Å². The molecule has 0 saturated heterocycles. The molecule has 2 amide bonds. The van der Waals surface area contributed by atoms with Gasteiger partial charge in [-0.05, 0) is 42.3 Å². The third kappa shape index (κ3) is 5.87. The van der Waals surface area contributed by atoms with Crippen molar-refractivity contribution in [1.29, 1.82) is 0 Å². The smallest absolute Gasteiger partial charge is 0.347 e. The first-order valence-electron chi connectivity index (χ1n) is 7.64. The summed E-state index contributed by atoms with van der Waals surface area (Å²) >= 11 is 3.32. The first-order valence-corrected chi connectivity index (χ1v) is 8.43. The Bertz CT molecular complexity index is 822. The average molecular weight is 429 g/mol. The van der Waals surface area contributed by atoms with E-state index < -0.39 is 23.6 Å². The molecule has 138 valence electrons. The lowest BCUT2D eigenvalue weighted by Crippen LogP contribution is -2.33. The van der Waals surface area contributed by atoms with Crippen LogP contribution in [-0.4, -0.2) is 18.4 Å². The largest absolute Gasteiger partial charge is 0.416 e. The minimum atomic E-state index is -4.46.